The van der Waals surface area contributed by atoms with Crippen LogP contribution >= 0.6 is 0 Å². The number of ether oxygens (including phenoxy) is 3. The maximum atomic E-state index is 11.0. The second-order valence-corrected chi connectivity index (χ2v) is 14.3. The van der Waals surface area contributed by atoms with Crippen LogP contribution in [0.1, 0.15) is 48.5 Å². The highest BCUT2D eigenvalue weighted by atomic mass is 28.4. The van der Waals surface area contributed by atoms with Crippen molar-refractivity contribution < 1.29 is 28.8 Å². The Morgan fingerprint density at radius 2 is 1.40 bits per heavy atom. The highest BCUT2D eigenvalue weighted by Gasteiger charge is 2.60. The summed E-state index contributed by atoms with van der Waals surface area (Å²) in [5.41, 5.74) is 0. The monoisotopic (exact) mass is 376 g/mol. The van der Waals surface area contributed by atoms with Crippen molar-refractivity contribution >= 4 is 8.32 Å². The summed E-state index contributed by atoms with van der Waals surface area (Å²) in [6.07, 6.45) is -4.54. The molecular formula is C18H36O6Si. The summed E-state index contributed by atoms with van der Waals surface area (Å²) >= 11 is 0. The quantitative estimate of drug-likeness (QED) is 0.734. The molecule has 0 aromatic heterocycles. The zero-order valence-electron chi connectivity index (χ0n) is 17.1. The van der Waals surface area contributed by atoms with Crippen LogP contribution in [-0.2, 0) is 18.6 Å². The molecule has 1 saturated carbocycles. The van der Waals surface area contributed by atoms with Crippen molar-refractivity contribution in [3.8, 4) is 0 Å². The first-order valence-corrected chi connectivity index (χ1v) is 12.1. The summed E-state index contributed by atoms with van der Waals surface area (Å²) in [7, 11) is -2.18. The third-order valence-corrected chi connectivity index (χ3v) is 9.97. The Kier molecular flexibility index (Phi) is 5.83. The van der Waals surface area contributed by atoms with Crippen molar-refractivity contribution in [1.29, 1.82) is 0 Å². The van der Waals surface area contributed by atoms with Gasteiger partial charge in [-0.05, 0) is 45.8 Å². The van der Waals surface area contributed by atoms with Crippen LogP contribution in [0.25, 0.3) is 0 Å². The average Bonchev–Trinajstić information content (AvgIpc) is 2.74. The van der Waals surface area contributed by atoms with Gasteiger partial charge in [-0.15, -0.1) is 0 Å². The Bertz CT molecular complexity index is 473. The Morgan fingerprint density at radius 3 is 1.80 bits per heavy atom. The van der Waals surface area contributed by atoms with Gasteiger partial charge in [0.1, 0.15) is 36.6 Å². The van der Waals surface area contributed by atoms with Gasteiger partial charge >= 0.3 is 0 Å². The fraction of sp³-hybridized carbons (Fsp3) is 1.00. The first-order chi connectivity index (χ1) is 11.2. The first-order valence-electron chi connectivity index (χ1n) is 9.21. The van der Waals surface area contributed by atoms with Gasteiger partial charge in [-0.1, -0.05) is 20.8 Å². The van der Waals surface area contributed by atoms with E-state index in [1.165, 1.54) is 0 Å². The van der Waals surface area contributed by atoms with Gasteiger partial charge in [-0.25, -0.2) is 0 Å². The SMILES string of the molecule is CC(C)O[C@@H]1[C@@H](O)[C@@H]2OC(C)(C)O[C@H]2[C@H](O)[C@H]1O[Si](C)(C)C(C)(C)C. The van der Waals surface area contributed by atoms with Crippen LogP contribution in [0.2, 0.25) is 18.1 Å². The van der Waals surface area contributed by atoms with E-state index >= 15 is 0 Å². The standard InChI is InChI=1S/C18H36O6Si/c1-10(2)21-13-11(19)14-15(23-18(6,7)22-14)12(20)16(13)24-25(8,9)17(3,4)5/h10-16,19-20H,1-9H3/t11-,12+,13-,14+,15+,16-/m1/s1. The lowest BCUT2D eigenvalue weighted by molar-refractivity contribution is -0.213. The van der Waals surface area contributed by atoms with Crippen molar-refractivity contribution in [2.75, 3.05) is 0 Å². The molecule has 6 nitrogen and oxygen atoms in total. The summed E-state index contributed by atoms with van der Waals surface area (Å²) in [6, 6.07) is 0. The van der Waals surface area contributed by atoms with Crippen LogP contribution in [-0.4, -0.2) is 67.0 Å². The van der Waals surface area contributed by atoms with Gasteiger partial charge in [-0.3, -0.25) is 0 Å². The molecule has 0 spiro atoms. The third-order valence-electron chi connectivity index (χ3n) is 5.50. The van der Waals surface area contributed by atoms with Crippen LogP contribution in [0.3, 0.4) is 0 Å². The number of rotatable bonds is 4. The summed E-state index contributed by atoms with van der Waals surface area (Å²) in [5.74, 6) is -0.856. The smallest absolute Gasteiger partial charge is 0.192 e. The van der Waals surface area contributed by atoms with Gasteiger partial charge < -0.3 is 28.8 Å². The number of hydrogen-bond donors (Lipinski definition) is 2. The highest BCUT2D eigenvalue weighted by Crippen LogP contribution is 2.43. The molecule has 0 aromatic rings. The fourth-order valence-electron chi connectivity index (χ4n) is 3.23. The Balaban J connectivity index is 2.33. The summed E-state index contributed by atoms with van der Waals surface area (Å²) < 4.78 is 24.2. The minimum absolute atomic E-state index is 0.0246. The normalized spacial score (nSPS) is 38.9. The van der Waals surface area contributed by atoms with Crippen LogP contribution < -0.4 is 0 Å². The molecule has 0 radical (unpaired) electrons. The number of hydrogen-bond acceptors (Lipinski definition) is 6. The molecule has 1 aliphatic heterocycles. The van der Waals surface area contributed by atoms with Crippen LogP contribution in [0.4, 0.5) is 0 Å². The lowest BCUT2D eigenvalue weighted by Gasteiger charge is -2.48. The first kappa shape index (κ1) is 21.3. The Morgan fingerprint density at radius 1 is 0.960 bits per heavy atom. The van der Waals surface area contributed by atoms with E-state index in [-0.39, 0.29) is 11.1 Å². The summed E-state index contributed by atoms with van der Waals surface area (Å²) in [6.45, 7) is 18.1. The maximum absolute atomic E-state index is 11.0. The van der Waals surface area contributed by atoms with Gasteiger partial charge in [0.15, 0.2) is 14.1 Å². The van der Waals surface area contributed by atoms with Crippen LogP contribution in [0.15, 0.2) is 0 Å². The molecule has 2 N–H and O–H groups in total. The molecule has 0 aromatic carbocycles. The predicted molar refractivity (Wildman–Crippen MR) is 97.9 cm³/mol. The molecule has 2 fully saturated rings. The minimum Gasteiger partial charge on any atom is -0.408 e. The van der Waals surface area contributed by atoms with E-state index in [2.05, 4.69) is 33.9 Å². The molecule has 25 heavy (non-hydrogen) atoms. The molecule has 148 valence electrons. The summed E-state index contributed by atoms with van der Waals surface area (Å²) in [5, 5.41) is 21.9. The van der Waals surface area contributed by atoms with E-state index in [0.717, 1.165) is 0 Å². The van der Waals surface area contributed by atoms with Gasteiger partial charge in [0.25, 0.3) is 0 Å². The van der Waals surface area contributed by atoms with Gasteiger partial charge in [0.2, 0.25) is 0 Å². The van der Waals surface area contributed by atoms with Gasteiger partial charge in [0.05, 0.1) is 6.10 Å². The zero-order chi connectivity index (χ0) is 19.4. The number of fused-ring (bicyclic) bond motifs is 1. The molecule has 2 rings (SSSR count). The van der Waals surface area contributed by atoms with Crippen molar-refractivity contribution in [2.45, 2.75) is 115 Å². The number of aliphatic hydroxyl groups excluding tert-OH is 2. The molecule has 0 bridgehead atoms. The van der Waals surface area contributed by atoms with Crippen molar-refractivity contribution in [3.63, 3.8) is 0 Å². The molecule has 0 amide bonds. The average molecular weight is 377 g/mol. The predicted octanol–water partition coefficient (Wildman–Crippen LogP) is 2.43. The summed E-state index contributed by atoms with van der Waals surface area (Å²) in [4.78, 5) is 0. The van der Waals surface area contributed by atoms with Crippen LogP contribution in [0.5, 0.6) is 0 Å². The number of aliphatic hydroxyl groups is 2. The molecule has 0 unspecified atom stereocenters. The molecule has 1 heterocycles. The second-order valence-electron chi connectivity index (χ2n) is 9.54. The highest BCUT2D eigenvalue weighted by molar-refractivity contribution is 6.74. The van der Waals surface area contributed by atoms with E-state index in [4.69, 9.17) is 18.6 Å². The zero-order valence-corrected chi connectivity index (χ0v) is 18.1. The van der Waals surface area contributed by atoms with Crippen molar-refractivity contribution in [2.24, 2.45) is 0 Å². The lowest BCUT2D eigenvalue weighted by atomic mass is 9.85. The van der Waals surface area contributed by atoms with Crippen LogP contribution in [0, 0.1) is 0 Å². The topological polar surface area (TPSA) is 77.4 Å². The fourth-order valence-corrected chi connectivity index (χ4v) is 4.54. The van der Waals surface area contributed by atoms with Gasteiger partial charge in [0, 0.05) is 0 Å². The van der Waals surface area contributed by atoms with E-state index in [9.17, 15) is 10.2 Å². The molecule has 6 atom stereocenters. The minimum atomic E-state index is -2.18. The Hall–Kier alpha value is -0.0231. The van der Waals surface area contributed by atoms with Gasteiger partial charge in [-0.2, -0.15) is 0 Å². The molecule has 1 aliphatic carbocycles. The van der Waals surface area contributed by atoms with Crippen molar-refractivity contribution in [3.05, 3.63) is 0 Å². The van der Waals surface area contributed by atoms with E-state index < -0.39 is 50.7 Å². The molecule has 2 aliphatic rings. The Labute approximate surface area is 152 Å². The second kappa shape index (κ2) is 6.85. The molecule has 1 saturated heterocycles. The maximum Gasteiger partial charge on any atom is 0.192 e. The van der Waals surface area contributed by atoms with Crippen molar-refractivity contribution in [1.82, 2.24) is 0 Å². The third kappa shape index (κ3) is 4.29. The molecular weight excluding hydrogens is 340 g/mol. The van der Waals surface area contributed by atoms with E-state index in [1.54, 1.807) is 13.8 Å². The molecule has 7 heteroatoms. The largest absolute Gasteiger partial charge is 0.408 e. The van der Waals surface area contributed by atoms with E-state index in [0.29, 0.717) is 0 Å². The lowest BCUT2D eigenvalue weighted by Crippen LogP contribution is -2.66. The van der Waals surface area contributed by atoms with E-state index in [1.807, 2.05) is 13.8 Å².